The van der Waals surface area contributed by atoms with Crippen LogP contribution in [0.3, 0.4) is 0 Å². The molecule has 0 aliphatic heterocycles. The quantitative estimate of drug-likeness (QED) is 0.549. The van der Waals surface area contributed by atoms with E-state index >= 15 is 0 Å². The van der Waals surface area contributed by atoms with Gasteiger partial charge in [0.15, 0.2) is 0 Å². The fourth-order valence-electron chi connectivity index (χ4n) is 2.80. The van der Waals surface area contributed by atoms with Gasteiger partial charge in [-0.1, -0.05) is 23.8 Å². The average Bonchev–Trinajstić information content (AvgIpc) is 2.72. The number of carbonyl (C=O) groups excluding carboxylic acids is 1. The molecule has 0 aliphatic carbocycles. The lowest BCUT2D eigenvalue weighted by Crippen LogP contribution is -2.14. The fraction of sp³-hybridized carbons (Fsp3) is 0.174. The van der Waals surface area contributed by atoms with Gasteiger partial charge in [0, 0.05) is 16.8 Å². The number of ether oxygens (including phenoxy) is 2. The van der Waals surface area contributed by atoms with E-state index < -0.39 is 17.6 Å². The molecule has 0 unspecified atom stereocenters. The minimum Gasteiger partial charge on any atom is -0.496 e. The zero-order chi connectivity index (χ0) is 21.7. The van der Waals surface area contributed by atoms with Crippen molar-refractivity contribution in [1.29, 1.82) is 0 Å². The SMILES string of the molecule is COc1ccc(C(=O)Nc2cccc(C(F)(F)F)c2)cc1COc1ccc(C)cc1. The van der Waals surface area contributed by atoms with Gasteiger partial charge in [-0.3, -0.25) is 4.79 Å². The van der Waals surface area contributed by atoms with Crippen LogP contribution in [0, 0.1) is 6.92 Å². The summed E-state index contributed by atoms with van der Waals surface area (Å²) in [4.78, 5) is 12.6. The summed E-state index contributed by atoms with van der Waals surface area (Å²) in [6.07, 6.45) is -4.48. The van der Waals surface area contributed by atoms with E-state index in [2.05, 4.69) is 5.32 Å². The topological polar surface area (TPSA) is 47.6 Å². The van der Waals surface area contributed by atoms with Gasteiger partial charge in [0.25, 0.3) is 5.91 Å². The zero-order valence-corrected chi connectivity index (χ0v) is 16.4. The summed E-state index contributed by atoms with van der Waals surface area (Å²) in [5.41, 5.74) is 1.24. The Kier molecular flexibility index (Phi) is 6.30. The van der Waals surface area contributed by atoms with Crippen LogP contribution in [0.25, 0.3) is 0 Å². The van der Waals surface area contributed by atoms with Crippen LogP contribution in [-0.4, -0.2) is 13.0 Å². The first-order valence-electron chi connectivity index (χ1n) is 9.11. The van der Waals surface area contributed by atoms with Gasteiger partial charge in [-0.05, 0) is 55.5 Å². The number of hydrogen-bond acceptors (Lipinski definition) is 3. The lowest BCUT2D eigenvalue weighted by atomic mass is 10.1. The van der Waals surface area contributed by atoms with Crippen molar-refractivity contribution in [3.63, 3.8) is 0 Å². The van der Waals surface area contributed by atoms with Crippen molar-refractivity contribution < 1.29 is 27.4 Å². The number of aryl methyl sites for hydroxylation is 1. The molecule has 3 rings (SSSR count). The number of hydrogen-bond donors (Lipinski definition) is 1. The van der Waals surface area contributed by atoms with Gasteiger partial charge in [0.05, 0.1) is 12.7 Å². The molecular weight excluding hydrogens is 395 g/mol. The maximum Gasteiger partial charge on any atom is 0.416 e. The summed E-state index contributed by atoms with van der Waals surface area (Å²) in [7, 11) is 1.51. The Bertz CT molecular complexity index is 1030. The van der Waals surface area contributed by atoms with Gasteiger partial charge in [0.1, 0.15) is 18.1 Å². The second-order valence-electron chi connectivity index (χ2n) is 6.66. The second kappa shape index (κ2) is 8.90. The lowest BCUT2D eigenvalue weighted by Gasteiger charge is -2.13. The number of nitrogens with one attached hydrogen (secondary N) is 1. The van der Waals surface area contributed by atoms with E-state index in [0.717, 1.165) is 17.7 Å². The van der Waals surface area contributed by atoms with Crippen LogP contribution in [0.2, 0.25) is 0 Å². The van der Waals surface area contributed by atoms with Gasteiger partial charge in [-0.25, -0.2) is 0 Å². The van der Waals surface area contributed by atoms with Crippen molar-refractivity contribution >= 4 is 11.6 Å². The van der Waals surface area contributed by atoms with Gasteiger partial charge in [0.2, 0.25) is 0 Å². The Morgan fingerprint density at radius 2 is 1.73 bits per heavy atom. The maximum absolute atomic E-state index is 12.9. The van der Waals surface area contributed by atoms with Crippen LogP contribution in [0.1, 0.15) is 27.0 Å². The molecule has 0 aliphatic rings. The Hall–Kier alpha value is -3.48. The molecule has 30 heavy (non-hydrogen) atoms. The second-order valence-corrected chi connectivity index (χ2v) is 6.66. The molecular formula is C23H20F3NO3. The molecule has 0 fully saturated rings. The Balaban J connectivity index is 1.76. The summed E-state index contributed by atoms with van der Waals surface area (Å²) in [6.45, 7) is 2.14. The van der Waals surface area contributed by atoms with Crippen LogP contribution in [-0.2, 0) is 12.8 Å². The maximum atomic E-state index is 12.9. The highest BCUT2D eigenvalue weighted by atomic mass is 19.4. The van der Waals surface area contributed by atoms with Gasteiger partial charge in [-0.15, -0.1) is 0 Å². The fourth-order valence-corrected chi connectivity index (χ4v) is 2.80. The molecule has 0 aromatic heterocycles. The van der Waals surface area contributed by atoms with E-state index in [-0.39, 0.29) is 17.9 Å². The van der Waals surface area contributed by atoms with Crippen molar-refractivity contribution in [2.24, 2.45) is 0 Å². The van der Waals surface area contributed by atoms with Crippen molar-refractivity contribution in [3.05, 3.63) is 89.0 Å². The number of halogens is 3. The van der Waals surface area contributed by atoms with E-state index in [1.807, 2.05) is 31.2 Å². The summed E-state index contributed by atoms with van der Waals surface area (Å²) >= 11 is 0. The van der Waals surface area contributed by atoms with E-state index in [0.29, 0.717) is 17.1 Å². The molecule has 0 saturated heterocycles. The normalized spacial score (nSPS) is 11.1. The molecule has 1 amide bonds. The van der Waals surface area contributed by atoms with Crippen LogP contribution < -0.4 is 14.8 Å². The standard InChI is InChI=1S/C23H20F3NO3/c1-15-6-9-20(10-7-15)30-14-17-12-16(8-11-21(17)29-2)22(28)27-19-5-3-4-18(13-19)23(24,25)26/h3-13H,14H2,1-2H3,(H,27,28). The monoisotopic (exact) mass is 415 g/mol. The molecule has 0 radical (unpaired) electrons. The number of amides is 1. The van der Waals surface area contributed by atoms with Gasteiger partial charge < -0.3 is 14.8 Å². The van der Waals surface area contributed by atoms with Crippen molar-refractivity contribution in [3.8, 4) is 11.5 Å². The predicted octanol–water partition coefficient (Wildman–Crippen LogP) is 5.85. The number of anilines is 1. The van der Waals surface area contributed by atoms with Gasteiger partial charge in [-0.2, -0.15) is 13.2 Å². The number of carbonyl (C=O) groups is 1. The van der Waals surface area contributed by atoms with Crippen molar-refractivity contribution in [1.82, 2.24) is 0 Å². The molecule has 0 atom stereocenters. The smallest absolute Gasteiger partial charge is 0.416 e. The number of rotatable bonds is 6. The van der Waals surface area contributed by atoms with E-state index in [1.165, 1.54) is 25.3 Å². The summed E-state index contributed by atoms with van der Waals surface area (Å²) in [5.74, 6) is 0.674. The zero-order valence-electron chi connectivity index (χ0n) is 16.4. The molecule has 1 N–H and O–H groups in total. The van der Waals surface area contributed by atoms with E-state index in [9.17, 15) is 18.0 Å². The van der Waals surface area contributed by atoms with Crippen LogP contribution in [0.5, 0.6) is 11.5 Å². The highest BCUT2D eigenvalue weighted by Gasteiger charge is 2.30. The number of benzene rings is 3. The van der Waals surface area contributed by atoms with Crippen LogP contribution >= 0.6 is 0 Å². The van der Waals surface area contributed by atoms with E-state index in [4.69, 9.17) is 9.47 Å². The largest absolute Gasteiger partial charge is 0.496 e. The third-order valence-corrected chi connectivity index (χ3v) is 4.41. The summed E-state index contributed by atoms with van der Waals surface area (Å²) < 4.78 is 49.7. The molecule has 0 saturated carbocycles. The first kappa shape index (κ1) is 21.2. The molecule has 0 spiro atoms. The average molecular weight is 415 g/mol. The first-order chi connectivity index (χ1) is 14.3. The molecule has 0 heterocycles. The van der Waals surface area contributed by atoms with E-state index in [1.54, 1.807) is 12.1 Å². The minimum atomic E-state index is -4.48. The van der Waals surface area contributed by atoms with Crippen LogP contribution in [0.4, 0.5) is 18.9 Å². The Morgan fingerprint density at radius 1 is 1.00 bits per heavy atom. The lowest BCUT2D eigenvalue weighted by molar-refractivity contribution is -0.137. The number of methoxy groups -OCH3 is 1. The molecule has 0 bridgehead atoms. The molecule has 4 nitrogen and oxygen atoms in total. The third-order valence-electron chi connectivity index (χ3n) is 4.41. The highest BCUT2D eigenvalue weighted by Crippen LogP contribution is 2.31. The molecule has 7 heteroatoms. The highest BCUT2D eigenvalue weighted by molar-refractivity contribution is 6.04. The first-order valence-corrected chi connectivity index (χ1v) is 9.11. The van der Waals surface area contributed by atoms with Crippen molar-refractivity contribution in [2.45, 2.75) is 19.7 Å². The minimum absolute atomic E-state index is 0.0584. The van der Waals surface area contributed by atoms with Crippen LogP contribution in [0.15, 0.2) is 66.7 Å². The number of alkyl halides is 3. The Morgan fingerprint density at radius 3 is 2.40 bits per heavy atom. The summed E-state index contributed by atoms with van der Waals surface area (Å²) in [5, 5.41) is 2.49. The molecule has 3 aromatic carbocycles. The van der Waals surface area contributed by atoms with Gasteiger partial charge >= 0.3 is 6.18 Å². The Labute approximate surface area is 172 Å². The predicted molar refractivity (Wildman–Crippen MR) is 108 cm³/mol. The third kappa shape index (κ3) is 5.31. The van der Waals surface area contributed by atoms with Crippen molar-refractivity contribution in [2.75, 3.05) is 12.4 Å². The molecule has 156 valence electrons. The summed E-state index contributed by atoms with van der Waals surface area (Å²) in [6, 6.07) is 16.8. The molecule has 3 aromatic rings.